The van der Waals surface area contributed by atoms with E-state index in [1.165, 1.54) is 17.8 Å². The number of aromatic nitrogens is 2. The van der Waals surface area contributed by atoms with Crippen LogP contribution in [0, 0.1) is 6.92 Å². The number of para-hydroxylation sites is 1. The summed E-state index contributed by atoms with van der Waals surface area (Å²) < 4.78 is 25.0. The maximum absolute atomic E-state index is 11.6. The lowest BCUT2D eigenvalue weighted by atomic mass is 10.3. The average molecular weight is 297 g/mol. The van der Waals surface area contributed by atoms with Crippen LogP contribution in [0.25, 0.3) is 0 Å². The Labute approximate surface area is 116 Å². The molecule has 0 amide bonds. The highest BCUT2D eigenvalue weighted by molar-refractivity contribution is 7.99. The van der Waals surface area contributed by atoms with Crippen molar-refractivity contribution < 1.29 is 8.42 Å². The summed E-state index contributed by atoms with van der Waals surface area (Å²) in [7, 11) is -1.47. The number of aryl methyl sites for hydroxylation is 2. The maximum atomic E-state index is 11.6. The summed E-state index contributed by atoms with van der Waals surface area (Å²) in [5.74, 6) is 0. The number of hydrogen-bond donors (Lipinski definition) is 1. The van der Waals surface area contributed by atoms with Crippen LogP contribution < -0.4 is 5.73 Å². The summed E-state index contributed by atoms with van der Waals surface area (Å²) in [6.07, 6.45) is 1.15. The lowest BCUT2D eigenvalue weighted by molar-refractivity contribution is 0.602. The Hall–Kier alpha value is -1.47. The summed E-state index contributed by atoms with van der Waals surface area (Å²) in [6.45, 7) is 1.90. The van der Waals surface area contributed by atoms with Gasteiger partial charge < -0.3 is 5.73 Å². The Bertz CT molecular complexity index is 721. The summed E-state index contributed by atoms with van der Waals surface area (Å²) in [4.78, 5) is 0.877. The molecule has 7 heteroatoms. The molecule has 1 aromatic heterocycles. The molecule has 0 bridgehead atoms. The third-order valence-corrected chi connectivity index (χ3v) is 4.92. The number of rotatable bonds is 3. The van der Waals surface area contributed by atoms with Crippen molar-refractivity contribution in [3.8, 4) is 0 Å². The second kappa shape index (κ2) is 4.90. The van der Waals surface area contributed by atoms with E-state index in [1.807, 2.05) is 20.0 Å². The van der Waals surface area contributed by atoms with Crippen LogP contribution in [0.3, 0.4) is 0 Å². The van der Waals surface area contributed by atoms with E-state index in [0.29, 0.717) is 4.90 Å². The van der Waals surface area contributed by atoms with Crippen molar-refractivity contribution in [2.75, 3.05) is 12.0 Å². The van der Waals surface area contributed by atoms with E-state index in [1.54, 1.807) is 16.8 Å². The molecular weight excluding hydrogens is 282 g/mol. The van der Waals surface area contributed by atoms with Gasteiger partial charge in [0, 0.05) is 18.2 Å². The number of nitrogens with zero attached hydrogens (tertiary/aromatic N) is 2. The normalized spacial score (nSPS) is 11.7. The molecule has 2 aromatic rings. The van der Waals surface area contributed by atoms with Crippen molar-refractivity contribution in [1.29, 1.82) is 0 Å². The van der Waals surface area contributed by atoms with E-state index in [4.69, 9.17) is 5.73 Å². The zero-order valence-corrected chi connectivity index (χ0v) is 12.5. The van der Waals surface area contributed by atoms with Crippen LogP contribution in [0.2, 0.25) is 0 Å². The Balaban J connectivity index is 2.45. The number of anilines is 1. The van der Waals surface area contributed by atoms with Crippen molar-refractivity contribution >= 4 is 27.3 Å². The molecule has 0 spiro atoms. The van der Waals surface area contributed by atoms with E-state index in [9.17, 15) is 8.42 Å². The molecule has 19 heavy (non-hydrogen) atoms. The first-order chi connectivity index (χ1) is 8.79. The highest BCUT2D eigenvalue weighted by atomic mass is 32.2. The summed E-state index contributed by atoms with van der Waals surface area (Å²) >= 11 is 1.40. The molecule has 0 unspecified atom stereocenters. The van der Waals surface area contributed by atoms with Crippen molar-refractivity contribution in [1.82, 2.24) is 9.78 Å². The molecule has 1 heterocycles. The lowest BCUT2D eigenvalue weighted by Crippen LogP contribution is -2.03. The molecule has 0 aliphatic carbocycles. The van der Waals surface area contributed by atoms with Crippen LogP contribution in [0.4, 0.5) is 5.69 Å². The highest BCUT2D eigenvalue weighted by Gasteiger charge is 2.15. The molecule has 0 aliphatic heterocycles. The minimum atomic E-state index is -3.31. The van der Waals surface area contributed by atoms with Gasteiger partial charge in [-0.3, -0.25) is 4.68 Å². The van der Waals surface area contributed by atoms with Crippen LogP contribution in [0.1, 0.15) is 5.69 Å². The third-order valence-electron chi connectivity index (χ3n) is 2.60. The number of sulfone groups is 1. The molecule has 0 fully saturated rings. The molecular formula is C12H15N3O2S2. The minimum absolute atomic E-state index is 0.163. The smallest absolute Gasteiger partial charge is 0.177 e. The van der Waals surface area contributed by atoms with Gasteiger partial charge in [0.2, 0.25) is 0 Å². The molecule has 0 atom stereocenters. The van der Waals surface area contributed by atoms with Crippen molar-refractivity contribution in [3.05, 3.63) is 30.0 Å². The van der Waals surface area contributed by atoms with Gasteiger partial charge in [-0.2, -0.15) is 5.10 Å². The quantitative estimate of drug-likeness (QED) is 0.875. The SMILES string of the molecule is Cc1cc(Sc2cccc(S(C)(=O)=O)c2N)n(C)n1. The zero-order chi connectivity index (χ0) is 14.2. The van der Waals surface area contributed by atoms with E-state index in [2.05, 4.69) is 5.10 Å². The number of nitrogen functional groups attached to an aromatic ring is 1. The minimum Gasteiger partial charge on any atom is -0.397 e. The summed E-state index contributed by atoms with van der Waals surface area (Å²) in [6, 6.07) is 6.94. The van der Waals surface area contributed by atoms with Crippen LogP contribution in [-0.4, -0.2) is 24.5 Å². The molecule has 0 radical (unpaired) electrons. The molecule has 2 rings (SSSR count). The molecule has 2 N–H and O–H groups in total. The summed E-state index contributed by atoms with van der Waals surface area (Å²) in [5.41, 5.74) is 7.14. The van der Waals surface area contributed by atoms with Gasteiger partial charge >= 0.3 is 0 Å². The second-order valence-corrected chi connectivity index (χ2v) is 7.34. The monoisotopic (exact) mass is 297 g/mol. The fraction of sp³-hybridized carbons (Fsp3) is 0.250. The number of hydrogen-bond acceptors (Lipinski definition) is 5. The predicted molar refractivity (Wildman–Crippen MR) is 76.0 cm³/mol. The van der Waals surface area contributed by atoms with Crippen molar-refractivity contribution in [2.45, 2.75) is 21.7 Å². The fourth-order valence-electron chi connectivity index (χ4n) is 1.73. The molecule has 0 saturated heterocycles. The Morgan fingerprint density at radius 1 is 1.37 bits per heavy atom. The van der Waals surface area contributed by atoms with Gasteiger partial charge in [0.1, 0.15) is 0 Å². The molecule has 102 valence electrons. The predicted octanol–water partition coefficient (Wildman–Crippen LogP) is 1.87. The Kier molecular flexibility index (Phi) is 3.60. The largest absolute Gasteiger partial charge is 0.397 e. The second-order valence-electron chi connectivity index (χ2n) is 4.29. The standard InChI is InChI=1S/C12H15N3O2S2/c1-8-7-11(15(2)14-8)18-9-5-4-6-10(12(9)13)19(3,16)17/h4-7H,13H2,1-3H3. The third kappa shape index (κ3) is 2.93. The van der Waals surface area contributed by atoms with E-state index >= 15 is 0 Å². The van der Waals surface area contributed by atoms with E-state index < -0.39 is 9.84 Å². The molecule has 5 nitrogen and oxygen atoms in total. The summed E-state index contributed by atoms with van der Waals surface area (Å²) in [5, 5.41) is 5.16. The molecule has 1 aromatic carbocycles. The molecule has 0 saturated carbocycles. The van der Waals surface area contributed by atoms with Gasteiger partial charge in [-0.15, -0.1) is 0 Å². The van der Waals surface area contributed by atoms with E-state index in [-0.39, 0.29) is 10.6 Å². The van der Waals surface area contributed by atoms with E-state index in [0.717, 1.165) is 17.0 Å². The number of benzene rings is 1. The first-order valence-electron chi connectivity index (χ1n) is 5.56. The van der Waals surface area contributed by atoms with Gasteiger partial charge in [-0.1, -0.05) is 17.8 Å². The number of nitrogens with two attached hydrogens (primary N) is 1. The van der Waals surface area contributed by atoms with Crippen LogP contribution in [0.15, 0.2) is 39.1 Å². The zero-order valence-electron chi connectivity index (χ0n) is 10.9. The van der Waals surface area contributed by atoms with Gasteiger partial charge in [-0.25, -0.2) is 8.42 Å². The first-order valence-corrected chi connectivity index (χ1v) is 8.27. The van der Waals surface area contributed by atoms with Gasteiger partial charge in [-0.05, 0) is 25.1 Å². The topological polar surface area (TPSA) is 78.0 Å². The van der Waals surface area contributed by atoms with Crippen LogP contribution in [-0.2, 0) is 16.9 Å². The lowest BCUT2D eigenvalue weighted by Gasteiger charge is -2.09. The van der Waals surface area contributed by atoms with Crippen LogP contribution in [0.5, 0.6) is 0 Å². The highest BCUT2D eigenvalue weighted by Crippen LogP contribution is 2.35. The average Bonchev–Trinajstić information content (AvgIpc) is 2.59. The Morgan fingerprint density at radius 2 is 2.05 bits per heavy atom. The van der Waals surface area contributed by atoms with Crippen molar-refractivity contribution in [2.24, 2.45) is 7.05 Å². The van der Waals surface area contributed by atoms with Crippen molar-refractivity contribution in [3.63, 3.8) is 0 Å². The Morgan fingerprint density at radius 3 is 2.58 bits per heavy atom. The maximum Gasteiger partial charge on any atom is 0.177 e. The van der Waals surface area contributed by atoms with Crippen LogP contribution >= 0.6 is 11.8 Å². The molecule has 0 aliphatic rings. The first kappa shape index (κ1) is 14.0. The van der Waals surface area contributed by atoms with Gasteiger partial charge in [0.25, 0.3) is 0 Å². The fourth-order valence-corrected chi connectivity index (χ4v) is 3.63. The van der Waals surface area contributed by atoms with Gasteiger partial charge in [0.15, 0.2) is 9.84 Å². The van der Waals surface area contributed by atoms with Gasteiger partial charge in [0.05, 0.1) is 21.3 Å².